The number of ether oxygens (including phenoxy) is 1. The molecule has 2 atom stereocenters. The van der Waals surface area contributed by atoms with E-state index < -0.39 is 41.8 Å². The van der Waals surface area contributed by atoms with Gasteiger partial charge in [-0.25, -0.2) is 0 Å². The first kappa shape index (κ1) is 12.4. The zero-order valence-corrected chi connectivity index (χ0v) is 8.76. The summed E-state index contributed by atoms with van der Waals surface area (Å²) in [5, 5.41) is 8.67. The van der Waals surface area contributed by atoms with Gasteiger partial charge in [-0.3, -0.25) is 19.2 Å². The predicted octanol–water partition coefficient (Wildman–Crippen LogP) is -0.202. The van der Waals surface area contributed by atoms with Crippen molar-refractivity contribution in [2.75, 3.05) is 6.61 Å². The second-order valence-electron chi connectivity index (χ2n) is 3.54. The molecule has 2 unspecified atom stereocenters. The number of esters is 1. The Morgan fingerprint density at radius 3 is 2.25 bits per heavy atom. The van der Waals surface area contributed by atoms with Gasteiger partial charge in [0.15, 0.2) is 0 Å². The van der Waals surface area contributed by atoms with Crippen LogP contribution in [-0.2, 0) is 23.9 Å². The number of ketones is 2. The molecule has 0 spiro atoms. The number of hydrogen-bond donors (Lipinski definition) is 1. The van der Waals surface area contributed by atoms with Gasteiger partial charge in [-0.2, -0.15) is 0 Å². The number of carbonyl (C=O) groups excluding carboxylic acids is 3. The number of carboxylic acids is 1. The van der Waals surface area contributed by atoms with Crippen LogP contribution in [0.2, 0.25) is 0 Å². The summed E-state index contributed by atoms with van der Waals surface area (Å²) in [6.45, 7) is 1.71. The molecule has 0 amide bonds. The maximum atomic E-state index is 11.5. The molecule has 0 aromatic heterocycles. The molecule has 0 aliphatic heterocycles. The highest BCUT2D eigenvalue weighted by molar-refractivity contribution is 6.12. The zero-order valence-electron chi connectivity index (χ0n) is 8.76. The van der Waals surface area contributed by atoms with Crippen LogP contribution >= 0.6 is 0 Å². The highest BCUT2D eigenvalue weighted by Gasteiger charge is 2.42. The number of hydrogen-bond acceptors (Lipinski definition) is 5. The minimum Gasteiger partial charge on any atom is -0.481 e. The minimum absolute atomic E-state index is 0.124. The third-order valence-corrected chi connectivity index (χ3v) is 2.46. The largest absolute Gasteiger partial charge is 0.481 e. The van der Waals surface area contributed by atoms with Gasteiger partial charge in [0, 0.05) is 12.8 Å². The van der Waals surface area contributed by atoms with Gasteiger partial charge in [0.2, 0.25) is 0 Å². The first-order valence-corrected chi connectivity index (χ1v) is 4.92. The fourth-order valence-corrected chi connectivity index (χ4v) is 1.60. The second-order valence-corrected chi connectivity index (χ2v) is 3.54. The van der Waals surface area contributed by atoms with Crippen molar-refractivity contribution in [2.45, 2.75) is 19.8 Å². The third-order valence-electron chi connectivity index (χ3n) is 2.46. The Morgan fingerprint density at radius 2 is 1.75 bits per heavy atom. The molecule has 0 bridgehead atoms. The molecular formula is C10H12O6. The average molecular weight is 228 g/mol. The molecule has 16 heavy (non-hydrogen) atoms. The van der Waals surface area contributed by atoms with E-state index >= 15 is 0 Å². The van der Waals surface area contributed by atoms with Crippen LogP contribution in [0.3, 0.4) is 0 Å². The molecule has 88 valence electrons. The smallest absolute Gasteiger partial charge is 0.316 e. The monoisotopic (exact) mass is 228 g/mol. The summed E-state index contributed by atoms with van der Waals surface area (Å²) in [5.74, 6) is -5.62. The van der Waals surface area contributed by atoms with Crippen molar-refractivity contribution in [3.05, 3.63) is 0 Å². The van der Waals surface area contributed by atoms with Crippen molar-refractivity contribution < 1.29 is 29.0 Å². The van der Waals surface area contributed by atoms with E-state index in [2.05, 4.69) is 4.74 Å². The van der Waals surface area contributed by atoms with Crippen molar-refractivity contribution in [3.8, 4) is 0 Å². The van der Waals surface area contributed by atoms with Crippen molar-refractivity contribution in [2.24, 2.45) is 11.8 Å². The molecule has 6 heteroatoms. The van der Waals surface area contributed by atoms with Crippen LogP contribution < -0.4 is 0 Å². The molecule has 1 rings (SSSR count). The first-order chi connectivity index (χ1) is 7.47. The quantitative estimate of drug-likeness (QED) is 0.530. The van der Waals surface area contributed by atoms with E-state index in [0.29, 0.717) is 0 Å². The molecule has 1 aliphatic rings. The fraction of sp³-hybridized carbons (Fsp3) is 0.600. The van der Waals surface area contributed by atoms with Gasteiger partial charge in [-0.05, 0) is 6.92 Å². The fourth-order valence-electron chi connectivity index (χ4n) is 1.60. The molecule has 1 N–H and O–H groups in total. The number of Topliss-reactive ketones (excluding diaryl/α,β-unsaturated/α-hetero) is 2. The Kier molecular flexibility index (Phi) is 3.76. The summed E-state index contributed by atoms with van der Waals surface area (Å²) >= 11 is 0. The van der Waals surface area contributed by atoms with Crippen molar-refractivity contribution in [3.63, 3.8) is 0 Å². The summed E-state index contributed by atoms with van der Waals surface area (Å²) in [4.78, 5) is 44.7. The van der Waals surface area contributed by atoms with Crippen LogP contribution in [0, 0.1) is 11.8 Å². The maximum Gasteiger partial charge on any atom is 0.316 e. The average Bonchev–Trinajstić information content (AvgIpc) is 2.20. The lowest BCUT2D eigenvalue weighted by atomic mass is 9.80. The van der Waals surface area contributed by atoms with Gasteiger partial charge in [0.25, 0.3) is 0 Å². The van der Waals surface area contributed by atoms with Crippen LogP contribution in [0.5, 0.6) is 0 Å². The second kappa shape index (κ2) is 4.87. The number of carboxylic acid groups (broad SMARTS) is 1. The SMILES string of the molecule is CCOC(=O)C1CC(=O)C(C(=O)O)CC1=O. The third kappa shape index (κ3) is 2.44. The van der Waals surface area contributed by atoms with Gasteiger partial charge in [-0.1, -0.05) is 0 Å². The lowest BCUT2D eigenvalue weighted by Gasteiger charge is -2.22. The van der Waals surface area contributed by atoms with Gasteiger partial charge >= 0.3 is 11.9 Å². The van der Waals surface area contributed by atoms with Crippen molar-refractivity contribution in [1.29, 1.82) is 0 Å². The molecule has 1 saturated carbocycles. The van der Waals surface area contributed by atoms with E-state index in [1.54, 1.807) is 6.92 Å². The van der Waals surface area contributed by atoms with Gasteiger partial charge in [0.05, 0.1) is 6.61 Å². The van der Waals surface area contributed by atoms with Crippen molar-refractivity contribution >= 4 is 23.5 Å². The molecule has 0 aromatic carbocycles. The topological polar surface area (TPSA) is 97.7 Å². The lowest BCUT2D eigenvalue weighted by molar-refractivity contribution is -0.160. The molecular weight excluding hydrogens is 216 g/mol. The van der Waals surface area contributed by atoms with Crippen LogP contribution in [-0.4, -0.2) is 35.2 Å². The normalized spacial score (nSPS) is 25.3. The first-order valence-electron chi connectivity index (χ1n) is 4.92. The summed E-state index contributed by atoms with van der Waals surface area (Å²) < 4.78 is 4.64. The van der Waals surface area contributed by atoms with E-state index in [9.17, 15) is 19.2 Å². The van der Waals surface area contributed by atoms with Crippen LogP contribution in [0.1, 0.15) is 19.8 Å². The predicted molar refractivity (Wildman–Crippen MR) is 50.5 cm³/mol. The Bertz CT molecular complexity index is 345. The Morgan fingerprint density at radius 1 is 1.25 bits per heavy atom. The Hall–Kier alpha value is -1.72. The van der Waals surface area contributed by atoms with Crippen LogP contribution in [0.15, 0.2) is 0 Å². The lowest BCUT2D eigenvalue weighted by Crippen LogP contribution is -2.40. The maximum absolute atomic E-state index is 11.5. The number of rotatable bonds is 3. The summed E-state index contributed by atoms with van der Waals surface area (Å²) in [6, 6.07) is 0. The number of carbonyl (C=O) groups is 4. The molecule has 0 saturated heterocycles. The van der Waals surface area contributed by atoms with Crippen LogP contribution in [0.25, 0.3) is 0 Å². The highest BCUT2D eigenvalue weighted by atomic mass is 16.5. The Balaban J connectivity index is 2.74. The molecule has 0 radical (unpaired) electrons. The summed E-state index contributed by atoms with van der Waals surface area (Å²) in [7, 11) is 0. The molecule has 6 nitrogen and oxygen atoms in total. The summed E-state index contributed by atoms with van der Waals surface area (Å²) in [5.41, 5.74) is 0. The van der Waals surface area contributed by atoms with E-state index in [1.807, 2.05) is 0 Å². The van der Waals surface area contributed by atoms with E-state index in [1.165, 1.54) is 0 Å². The van der Waals surface area contributed by atoms with E-state index in [-0.39, 0.29) is 13.0 Å². The van der Waals surface area contributed by atoms with Gasteiger partial charge in [0.1, 0.15) is 23.4 Å². The number of aliphatic carboxylic acids is 1. The van der Waals surface area contributed by atoms with Crippen molar-refractivity contribution in [1.82, 2.24) is 0 Å². The van der Waals surface area contributed by atoms with Gasteiger partial charge in [-0.15, -0.1) is 0 Å². The zero-order chi connectivity index (χ0) is 12.3. The van der Waals surface area contributed by atoms with E-state index in [4.69, 9.17) is 5.11 Å². The Labute approximate surface area is 91.6 Å². The highest BCUT2D eigenvalue weighted by Crippen LogP contribution is 2.24. The molecule has 1 fully saturated rings. The molecule has 0 heterocycles. The molecule has 0 aromatic rings. The molecule has 1 aliphatic carbocycles. The standard InChI is InChI=1S/C10H12O6/c1-2-16-10(15)6-4-7(11)5(9(13)14)3-8(6)12/h5-6H,2-4H2,1H3,(H,13,14). The van der Waals surface area contributed by atoms with Crippen LogP contribution in [0.4, 0.5) is 0 Å². The minimum atomic E-state index is -1.32. The summed E-state index contributed by atoms with van der Waals surface area (Å²) in [6.07, 6.45) is -0.785. The van der Waals surface area contributed by atoms with Gasteiger partial charge < -0.3 is 9.84 Å². The van der Waals surface area contributed by atoms with E-state index in [0.717, 1.165) is 0 Å².